The van der Waals surface area contributed by atoms with E-state index in [4.69, 9.17) is 20.7 Å². The summed E-state index contributed by atoms with van der Waals surface area (Å²) in [6, 6.07) is 5.40. The molecule has 0 aliphatic carbocycles. The Morgan fingerprint density at radius 2 is 1.70 bits per heavy atom. The number of hydrogen-bond acceptors (Lipinski definition) is 9. The summed E-state index contributed by atoms with van der Waals surface area (Å²) in [5.41, 5.74) is 8.26. The van der Waals surface area contributed by atoms with E-state index in [2.05, 4.69) is 0 Å². The molecule has 0 bridgehead atoms. The predicted molar refractivity (Wildman–Crippen MR) is 101 cm³/mol. The molecule has 0 heterocycles. The average Bonchev–Trinajstić information content (AvgIpc) is 2.68. The third-order valence-electron chi connectivity index (χ3n) is 4.35. The summed E-state index contributed by atoms with van der Waals surface area (Å²) in [7, 11) is 0. The highest BCUT2D eigenvalue weighted by atomic mass is 16.5. The van der Waals surface area contributed by atoms with Gasteiger partial charge in [-0.15, -0.1) is 0 Å². The van der Waals surface area contributed by atoms with Gasteiger partial charge in [0.1, 0.15) is 18.3 Å². The van der Waals surface area contributed by atoms with Crippen LogP contribution in [0.4, 0.5) is 11.4 Å². The molecule has 0 spiro atoms. The lowest BCUT2D eigenvalue weighted by molar-refractivity contribution is -0.112. The Bertz CT molecular complexity index is 546. The lowest BCUT2D eigenvalue weighted by Gasteiger charge is -2.32. The summed E-state index contributed by atoms with van der Waals surface area (Å²) in [6.07, 6.45) is -5.55. The molecule has 1 aromatic carbocycles. The molecule has 9 heteroatoms. The molecular weight excluding hydrogens is 356 g/mol. The first-order chi connectivity index (χ1) is 12.8. The SMILES string of the molecule is CCc1cc(N(CCOCCO)CC(O)C(O)C(O)C(O)CO)ccc1N. The Kier molecular flexibility index (Phi) is 10.6. The van der Waals surface area contributed by atoms with Crippen molar-refractivity contribution in [1.29, 1.82) is 0 Å². The number of rotatable bonds is 13. The molecule has 0 aromatic heterocycles. The van der Waals surface area contributed by atoms with Gasteiger partial charge in [-0.2, -0.15) is 0 Å². The molecule has 1 rings (SSSR count). The first-order valence-corrected chi connectivity index (χ1v) is 9.00. The molecule has 0 aliphatic heterocycles. The summed E-state index contributed by atoms with van der Waals surface area (Å²) in [5.74, 6) is 0. The number of ether oxygens (including phenoxy) is 1. The van der Waals surface area contributed by atoms with E-state index < -0.39 is 31.0 Å². The number of hydrogen-bond donors (Lipinski definition) is 7. The van der Waals surface area contributed by atoms with Crippen LogP contribution in [0.3, 0.4) is 0 Å². The van der Waals surface area contributed by atoms with Gasteiger partial charge in [0.05, 0.1) is 32.5 Å². The van der Waals surface area contributed by atoms with Crippen molar-refractivity contribution in [2.45, 2.75) is 37.8 Å². The van der Waals surface area contributed by atoms with Gasteiger partial charge >= 0.3 is 0 Å². The lowest BCUT2D eigenvalue weighted by atomic mass is 10.0. The second-order valence-electron chi connectivity index (χ2n) is 6.32. The second-order valence-corrected chi connectivity index (χ2v) is 6.32. The standard InChI is InChI=1S/C18H32N2O7/c1-2-12-9-13(3-4-14(12)19)20(5-7-27-8-6-21)10-15(23)17(25)18(26)16(24)11-22/h3-4,9,15-18,21-26H,2,5-8,10-11,19H2,1H3. The number of benzene rings is 1. The minimum absolute atomic E-state index is 0.0497. The van der Waals surface area contributed by atoms with Crippen molar-refractivity contribution in [3.8, 4) is 0 Å². The average molecular weight is 388 g/mol. The quantitative estimate of drug-likeness (QED) is 0.151. The van der Waals surface area contributed by atoms with Crippen molar-refractivity contribution in [2.75, 3.05) is 50.2 Å². The van der Waals surface area contributed by atoms with E-state index in [-0.39, 0.29) is 26.4 Å². The van der Waals surface area contributed by atoms with Crippen molar-refractivity contribution in [3.05, 3.63) is 23.8 Å². The number of anilines is 2. The molecular formula is C18H32N2O7. The van der Waals surface area contributed by atoms with Crippen molar-refractivity contribution >= 4 is 11.4 Å². The largest absolute Gasteiger partial charge is 0.399 e. The van der Waals surface area contributed by atoms with Gasteiger partial charge in [-0.1, -0.05) is 6.92 Å². The van der Waals surface area contributed by atoms with Crippen LogP contribution in [0.2, 0.25) is 0 Å². The van der Waals surface area contributed by atoms with E-state index in [1.54, 1.807) is 17.0 Å². The van der Waals surface area contributed by atoms with Gasteiger partial charge in [0, 0.05) is 24.5 Å². The van der Waals surface area contributed by atoms with Gasteiger partial charge in [-0.05, 0) is 30.2 Å². The van der Waals surface area contributed by atoms with Gasteiger partial charge in [-0.25, -0.2) is 0 Å². The van der Waals surface area contributed by atoms with Crippen LogP contribution in [0.5, 0.6) is 0 Å². The van der Waals surface area contributed by atoms with Gasteiger partial charge in [-0.3, -0.25) is 0 Å². The molecule has 156 valence electrons. The molecule has 0 saturated heterocycles. The molecule has 0 amide bonds. The maximum Gasteiger partial charge on any atom is 0.111 e. The van der Waals surface area contributed by atoms with E-state index >= 15 is 0 Å². The molecule has 0 aliphatic rings. The molecule has 9 nitrogen and oxygen atoms in total. The van der Waals surface area contributed by atoms with Crippen LogP contribution >= 0.6 is 0 Å². The number of nitrogen functional groups attached to an aromatic ring is 1. The summed E-state index contributed by atoms with van der Waals surface area (Å²) < 4.78 is 5.28. The van der Waals surface area contributed by atoms with Crippen molar-refractivity contribution < 1.29 is 35.4 Å². The Labute approximate surface area is 159 Å². The van der Waals surface area contributed by atoms with E-state index in [1.165, 1.54) is 0 Å². The Morgan fingerprint density at radius 1 is 1.04 bits per heavy atom. The van der Waals surface area contributed by atoms with Crippen LogP contribution in [0.1, 0.15) is 12.5 Å². The highest BCUT2D eigenvalue weighted by Crippen LogP contribution is 2.22. The van der Waals surface area contributed by atoms with Crippen molar-refractivity contribution in [3.63, 3.8) is 0 Å². The molecule has 0 saturated carbocycles. The third-order valence-corrected chi connectivity index (χ3v) is 4.35. The second kappa shape index (κ2) is 12.1. The fourth-order valence-electron chi connectivity index (χ4n) is 2.66. The highest BCUT2D eigenvalue weighted by molar-refractivity contribution is 5.58. The molecule has 0 fully saturated rings. The van der Waals surface area contributed by atoms with Crippen LogP contribution in [0, 0.1) is 0 Å². The van der Waals surface area contributed by atoms with Crippen molar-refractivity contribution in [2.24, 2.45) is 0 Å². The third kappa shape index (κ3) is 7.23. The Balaban J connectivity index is 2.90. The highest BCUT2D eigenvalue weighted by Gasteiger charge is 2.31. The summed E-state index contributed by atoms with van der Waals surface area (Å²) in [5, 5.41) is 57.3. The van der Waals surface area contributed by atoms with Crippen LogP contribution in [-0.2, 0) is 11.2 Å². The normalized spacial score (nSPS) is 16.0. The van der Waals surface area contributed by atoms with Gasteiger partial charge < -0.3 is 46.0 Å². The maximum atomic E-state index is 10.3. The van der Waals surface area contributed by atoms with Crippen LogP contribution in [0.25, 0.3) is 0 Å². The number of nitrogens with zero attached hydrogens (tertiary/aromatic N) is 1. The molecule has 0 radical (unpaired) electrons. The monoisotopic (exact) mass is 388 g/mol. The van der Waals surface area contributed by atoms with Gasteiger partial charge in [0.15, 0.2) is 0 Å². The molecule has 8 N–H and O–H groups in total. The van der Waals surface area contributed by atoms with Gasteiger partial charge in [0.25, 0.3) is 0 Å². The van der Waals surface area contributed by atoms with Crippen LogP contribution < -0.4 is 10.6 Å². The van der Waals surface area contributed by atoms with E-state index in [0.717, 1.165) is 17.7 Å². The summed E-state index contributed by atoms with van der Waals surface area (Å²) in [4.78, 5) is 1.75. The molecule has 27 heavy (non-hydrogen) atoms. The maximum absolute atomic E-state index is 10.3. The molecule has 4 atom stereocenters. The zero-order valence-electron chi connectivity index (χ0n) is 15.6. The minimum Gasteiger partial charge on any atom is -0.399 e. The summed E-state index contributed by atoms with van der Waals surface area (Å²) in [6.45, 7) is 1.90. The first kappa shape index (κ1) is 23.6. The van der Waals surface area contributed by atoms with Crippen LogP contribution in [-0.4, -0.2) is 94.6 Å². The smallest absolute Gasteiger partial charge is 0.111 e. The van der Waals surface area contributed by atoms with E-state index in [0.29, 0.717) is 12.2 Å². The van der Waals surface area contributed by atoms with Crippen molar-refractivity contribution in [1.82, 2.24) is 0 Å². The lowest BCUT2D eigenvalue weighted by Crippen LogP contribution is -2.50. The summed E-state index contributed by atoms with van der Waals surface area (Å²) >= 11 is 0. The predicted octanol–water partition coefficient (Wildman–Crippen LogP) is -1.92. The van der Waals surface area contributed by atoms with Gasteiger partial charge in [0.2, 0.25) is 0 Å². The molecule has 1 aromatic rings. The van der Waals surface area contributed by atoms with E-state index in [1.807, 2.05) is 13.0 Å². The first-order valence-electron chi connectivity index (χ1n) is 9.00. The molecule has 4 unspecified atom stereocenters. The minimum atomic E-state index is -1.69. The topological polar surface area (TPSA) is 160 Å². The zero-order chi connectivity index (χ0) is 20.4. The Hall–Kier alpha value is -1.46. The number of nitrogens with two attached hydrogens (primary N) is 1. The fraction of sp³-hybridized carbons (Fsp3) is 0.667. The fourth-order valence-corrected chi connectivity index (χ4v) is 2.66. The van der Waals surface area contributed by atoms with Crippen LogP contribution in [0.15, 0.2) is 18.2 Å². The Morgan fingerprint density at radius 3 is 2.30 bits per heavy atom. The number of aliphatic hydroxyl groups is 6. The number of aliphatic hydroxyl groups excluding tert-OH is 6. The van der Waals surface area contributed by atoms with E-state index in [9.17, 15) is 20.4 Å². The number of aryl methyl sites for hydroxylation is 1. The zero-order valence-corrected chi connectivity index (χ0v) is 15.6.